The highest BCUT2D eigenvalue weighted by Crippen LogP contribution is 2.27. The second-order valence-corrected chi connectivity index (χ2v) is 5.50. The van der Waals surface area contributed by atoms with Crippen LogP contribution in [0.25, 0.3) is 10.8 Å². The Morgan fingerprint density at radius 3 is 2.80 bits per heavy atom. The maximum atomic E-state index is 12.3. The predicted octanol–water partition coefficient (Wildman–Crippen LogP) is 2.62. The minimum Gasteiger partial charge on any atom is -0.422 e. The Morgan fingerprint density at radius 1 is 1.20 bits per heavy atom. The van der Waals surface area contributed by atoms with E-state index in [2.05, 4.69) is 15.5 Å². The first-order chi connectivity index (χ1) is 12.1. The molecule has 3 rings (SSSR count). The summed E-state index contributed by atoms with van der Waals surface area (Å²) in [7, 11) is 0. The number of carbonyl (C=O) groups excluding carboxylic acids is 1. The van der Waals surface area contributed by atoms with E-state index < -0.39 is 5.97 Å². The molecule has 0 aliphatic rings. The van der Waals surface area contributed by atoms with Crippen molar-refractivity contribution in [2.24, 2.45) is 10.8 Å². The van der Waals surface area contributed by atoms with E-state index in [-0.39, 0.29) is 5.11 Å². The lowest BCUT2D eigenvalue weighted by molar-refractivity contribution is 0.0734. The number of thiocarbonyl (C=S) groups is 1. The average Bonchev–Trinajstić information content (AvgIpc) is 2.63. The fraction of sp³-hybridized carbons (Fsp3) is 0. The fourth-order valence-corrected chi connectivity index (χ4v) is 2.35. The van der Waals surface area contributed by atoms with E-state index in [1.54, 1.807) is 24.4 Å². The molecule has 25 heavy (non-hydrogen) atoms. The summed E-state index contributed by atoms with van der Waals surface area (Å²) < 4.78 is 5.54. The molecule has 0 aliphatic heterocycles. The topological polar surface area (TPSA) is 89.6 Å². The van der Waals surface area contributed by atoms with Crippen LogP contribution in [0.15, 0.2) is 66.0 Å². The highest BCUT2D eigenvalue weighted by Gasteiger charge is 2.13. The van der Waals surface area contributed by atoms with Crippen molar-refractivity contribution in [2.45, 2.75) is 0 Å². The summed E-state index contributed by atoms with van der Waals surface area (Å²) in [6.45, 7) is 0. The Labute approximate surface area is 149 Å². The maximum Gasteiger partial charge on any atom is 0.345 e. The number of carbonyl (C=O) groups is 1. The summed E-state index contributed by atoms with van der Waals surface area (Å²) in [6, 6.07) is 14.6. The Hall–Kier alpha value is -3.32. The van der Waals surface area contributed by atoms with Gasteiger partial charge in [-0.2, -0.15) is 5.10 Å². The number of nitrogens with one attached hydrogen (secondary N) is 1. The minimum atomic E-state index is -0.500. The van der Waals surface area contributed by atoms with Crippen LogP contribution in [0, 0.1) is 0 Å². The van der Waals surface area contributed by atoms with Crippen molar-refractivity contribution in [1.29, 1.82) is 0 Å². The van der Waals surface area contributed by atoms with Crippen LogP contribution >= 0.6 is 12.2 Å². The Bertz CT molecular complexity index is 958. The third-order valence-electron chi connectivity index (χ3n) is 3.40. The van der Waals surface area contributed by atoms with Crippen LogP contribution in [0.1, 0.15) is 15.9 Å². The van der Waals surface area contributed by atoms with E-state index in [9.17, 15) is 4.79 Å². The molecular formula is C18H14N4O2S. The summed E-state index contributed by atoms with van der Waals surface area (Å²) in [6.07, 6.45) is 4.56. The van der Waals surface area contributed by atoms with E-state index in [4.69, 9.17) is 22.7 Å². The number of aromatic nitrogens is 1. The fourth-order valence-electron chi connectivity index (χ4n) is 2.30. The van der Waals surface area contributed by atoms with Gasteiger partial charge >= 0.3 is 5.97 Å². The molecule has 7 heteroatoms. The molecule has 0 radical (unpaired) electrons. The van der Waals surface area contributed by atoms with Crippen molar-refractivity contribution in [2.75, 3.05) is 0 Å². The lowest BCUT2D eigenvalue weighted by atomic mass is 10.0. The Morgan fingerprint density at radius 2 is 2.04 bits per heavy atom. The zero-order valence-corrected chi connectivity index (χ0v) is 13.9. The molecule has 124 valence electrons. The van der Waals surface area contributed by atoms with E-state index >= 15 is 0 Å². The smallest absolute Gasteiger partial charge is 0.345 e. The Kier molecular flexibility index (Phi) is 4.96. The van der Waals surface area contributed by atoms with Gasteiger partial charge in [0, 0.05) is 18.0 Å². The highest BCUT2D eigenvalue weighted by atomic mass is 32.1. The van der Waals surface area contributed by atoms with E-state index in [1.165, 1.54) is 12.4 Å². The largest absolute Gasteiger partial charge is 0.422 e. The summed E-state index contributed by atoms with van der Waals surface area (Å²) in [5.74, 6) is -0.124. The van der Waals surface area contributed by atoms with E-state index in [1.807, 2.05) is 30.3 Å². The monoisotopic (exact) mass is 350 g/mol. The number of hydrazone groups is 1. The highest BCUT2D eigenvalue weighted by molar-refractivity contribution is 7.80. The van der Waals surface area contributed by atoms with Gasteiger partial charge in [0.15, 0.2) is 5.11 Å². The molecule has 0 spiro atoms. The summed E-state index contributed by atoms with van der Waals surface area (Å²) in [4.78, 5) is 16.2. The molecule has 0 fully saturated rings. The van der Waals surface area contributed by atoms with Crippen molar-refractivity contribution < 1.29 is 9.53 Å². The van der Waals surface area contributed by atoms with Gasteiger partial charge in [-0.05, 0) is 41.2 Å². The van der Waals surface area contributed by atoms with Crippen molar-refractivity contribution in [1.82, 2.24) is 10.4 Å². The molecule has 0 saturated heterocycles. The van der Waals surface area contributed by atoms with Gasteiger partial charge in [0.05, 0.1) is 11.8 Å². The summed E-state index contributed by atoms with van der Waals surface area (Å²) in [5, 5.41) is 5.90. The van der Waals surface area contributed by atoms with Gasteiger partial charge < -0.3 is 10.5 Å². The van der Waals surface area contributed by atoms with Crippen LogP contribution in [-0.4, -0.2) is 22.3 Å². The molecule has 0 unspecified atom stereocenters. The first-order valence-corrected chi connectivity index (χ1v) is 7.78. The van der Waals surface area contributed by atoms with E-state index in [0.717, 1.165) is 10.8 Å². The van der Waals surface area contributed by atoms with Crippen molar-refractivity contribution in [3.05, 3.63) is 72.1 Å². The number of hydrogen-bond acceptors (Lipinski definition) is 5. The number of nitrogens with zero attached hydrogens (tertiary/aromatic N) is 2. The van der Waals surface area contributed by atoms with Crippen molar-refractivity contribution >= 4 is 40.3 Å². The van der Waals surface area contributed by atoms with E-state index in [0.29, 0.717) is 16.9 Å². The standard InChI is InChI=1S/C18H14N4O2S/c19-18(25)22-21-11-15-14-6-2-1-4-12(14)7-8-16(15)24-17(23)13-5-3-9-20-10-13/h1-11H,(H3,19,22,25). The molecule has 0 amide bonds. The summed E-state index contributed by atoms with van der Waals surface area (Å²) in [5.41, 5.74) is 8.88. The number of fused-ring (bicyclic) bond motifs is 1. The molecule has 0 saturated carbocycles. The van der Waals surface area contributed by atoms with Crippen LogP contribution in [0.2, 0.25) is 0 Å². The van der Waals surface area contributed by atoms with Gasteiger partial charge in [0.1, 0.15) is 5.75 Å². The van der Waals surface area contributed by atoms with Crippen LogP contribution in [0.3, 0.4) is 0 Å². The molecule has 3 aromatic rings. The normalized spacial score (nSPS) is 10.7. The van der Waals surface area contributed by atoms with Crippen molar-refractivity contribution in [3.63, 3.8) is 0 Å². The molecule has 2 aromatic carbocycles. The quantitative estimate of drug-likeness (QED) is 0.247. The number of rotatable bonds is 4. The van der Waals surface area contributed by atoms with Gasteiger partial charge in [-0.15, -0.1) is 0 Å². The predicted molar refractivity (Wildman–Crippen MR) is 101 cm³/mol. The summed E-state index contributed by atoms with van der Waals surface area (Å²) >= 11 is 4.73. The SMILES string of the molecule is NC(=S)NN=Cc1c(OC(=O)c2cccnc2)ccc2ccccc12. The average molecular weight is 350 g/mol. The van der Waals surface area contributed by atoms with Gasteiger partial charge in [0.25, 0.3) is 0 Å². The molecule has 0 atom stereocenters. The maximum absolute atomic E-state index is 12.3. The van der Waals surface area contributed by atoms with Gasteiger partial charge in [-0.3, -0.25) is 10.4 Å². The second-order valence-electron chi connectivity index (χ2n) is 5.06. The number of ether oxygens (including phenoxy) is 1. The number of benzene rings is 2. The third kappa shape index (κ3) is 3.96. The molecule has 6 nitrogen and oxygen atoms in total. The lowest BCUT2D eigenvalue weighted by Crippen LogP contribution is -2.24. The minimum absolute atomic E-state index is 0.0467. The molecular weight excluding hydrogens is 336 g/mol. The van der Waals surface area contributed by atoms with Crippen LogP contribution in [0.4, 0.5) is 0 Å². The number of hydrogen-bond donors (Lipinski definition) is 2. The first-order valence-electron chi connectivity index (χ1n) is 7.37. The molecule has 0 bridgehead atoms. The second kappa shape index (κ2) is 7.50. The van der Waals surface area contributed by atoms with Crippen LogP contribution < -0.4 is 15.9 Å². The molecule has 3 N–H and O–H groups in total. The number of nitrogens with two attached hydrogens (primary N) is 1. The van der Waals surface area contributed by atoms with Crippen LogP contribution in [0.5, 0.6) is 5.75 Å². The molecule has 0 aliphatic carbocycles. The van der Waals surface area contributed by atoms with Crippen molar-refractivity contribution in [3.8, 4) is 5.75 Å². The lowest BCUT2D eigenvalue weighted by Gasteiger charge is -2.10. The molecule has 1 aromatic heterocycles. The number of pyridine rings is 1. The molecule has 1 heterocycles. The first kappa shape index (κ1) is 16.5. The van der Waals surface area contributed by atoms with Crippen LogP contribution in [-0.2, 0) is 0 Å². The van der Waals surface area contributed by atoms with Gasteiger partial charge in [-0.1, -0.05) is 30.3 Å². The van der Waals surface area contributed by atoms with Gasteiger partial charge in [0.2, 0.25) is 0 Å². The third-order valence-corrected chi connectivity index (χ3v) is 3.49. The zero-order valence-electron chi connectivity index (χ0n) is 13.0. The zero-order chi connectivity index (χ0) is 17.6. The van der Waals surface area contributed by atoms with Gasteiger partial charge in [-0.25, -0.2) is 4.79 Å². The Balaban J connectivity index is 2.00. The number of esters is 1.